The van der Waals surface area contributed by atoms with Gasteiger partial charge in [0.05, 0.1) is 18.5 Å². The highest BCUT2D eigenvalue weighted by Gasteiger charge is 2.18. The summed E-state index contributed by atoms with van der Waals surface area (Å²) in [5.74, 6) is -0.405. The first kappa shape index (κ1) is 16.2. The second-order valence-electron chi connectivity index (χ2n) is 5.36. The molecule has 7 heteroatoms. The smallest absolute Gasteiger partial charge is 0.341 e. The molecule has 0 aliphatic rings. The molecule has 0 saturated heterocycles. The minimum absolute atomic E-state index is 0.312. The first-order chi connectivity index (χ1) is 11.6. The molecule has 124 valence electrons. The first-order valence-electron chi connectivity index (χ1n) is 7.53. The summed E-state index contributed by atoms with van der Waals surface area (Å²) in [7, 11) is 3.83. The minimum Gasteiger partial charge on any atom is -0.462 e. The highest BCUT2D eigenvalue weighted by molar-refractivity contribution is 7.08. The summed E-state index contributed by atoms with van der Waals surface area (Å²) in [6.45, 7) is 2.09. The number of esters is 1. The fourth-order valence-electron chi connectivity index (χ4n) is 2.32. The molecule has 0 N–H and O–H groups in total. The van der Waals surface area contributed by atoms with Crippen molar-refractivity contribution in [1.29, 1.82) is 0 Å². The molecule has 0 bridgehead atoms. The van der Waals surface area contributed by atoms with Gasteiger partial charge in [-0.15, -0.1) is 0 Å². The third kappa shape index (κ3) is 3.03. The number of hydrogen-bond donors (Lipinski definition) is 0. The summed E-state index contributed by atoms with van der Waals surface area (Å²) in [4.78, 5) is 18.6. The molecule has 3 rings (SSSR count). The molecule has 24 heavy (non-hydrogen) atoms. The van der Waals surface area contributed by atoms with Gasteiger partial charge in [0.2, 0.25) is 0 Å². The number of ether oxygens (including phenoxy) is 1. The zero-order valence-corrected chi connectivity index (χ0v) is 14.6. The van der Waals surface area contributed by atoms with Crippen LogP contribution in [-0.4, -0.2) is 46.2 Å². The van der Waals surface area contributed by atoms with Gasteiger partial charge >= 0.3 is 5.97 Å². The van der Waals surface area contributed by atoms with Crippen LogP contribution in [0.3, 0.4) is 0 Å². The molecule has 3 aromatic rings. The summed E-state index contributed by atoms with van der Waals surface area (Å²) in [6, 6.07) is 2.03. The second kappa shape index (κ2) is 6.84. The summed E-state index contributed by atoms with van der Waals surface area (Å²) in [5.41, 5.74) is 3.75. The zero-order valence-electron chi connectivity index (χ0n) is 13.8. The third-order valence-corrected chi connectivity index (χ3v) is 4.11. The molecule has 0 aliphatic heterocycles. The van der Waals surface area contributed by atoms with Gasteiger partial charge in [0.25, 0.3) is 0 Å². The van der Waals surface area contributed by atoms with E-state index >= 15 is 0 Å². The third-order valence-electron chi connectivity index (χ3n) is 3.42. The van der Waals surface area contributed by atoms with Crippen LogP contribution in [-0.2, 0) is 4.74 Å². The van der Waals surface area contributed by atoms with Crippen LogP contribution < -0.4 is 0 Å². The van der Waals surface area contributed by atoms with Crippen LogP contribution in [0.15, 0.2) is 35.4 Å². The predicted octanol–water partition coefficient (Wildman–Crippen LogP) is 3.17. The lowest BCUT2D eigenvalue weighted by Crippen LogP contribution is -2.12. The maximum atomic E-state index is 12.2. The number of thiophene rings is 1. The Morgan fingerprint density at radius 2 is 2.25 bits per heavy atom. The van der Waals surface area contributed by atoms with Crippen molar-refractivity contribution in [1.82, 2.24) is 19.5 Å². The van der Waals surface area contributed by atoms with Gasteiger partial charge in [-0.05, 0) is 35.4 Å². The zero-order chi connectivity index (χ0) is 17.1. The Balaban J connectivity index is 2.19. The Labute approximate surface area is 144 Å². The van der Waals surface area contributed by atoms with Crippen molar-refractivity contribution in [2.24, 2.45) is 0 Å². The molecular formula is C17H18N4O2S. The van der Waals surface area contributed by atoms with E-state index in [0.717, 1.165) is 11.1 Å². The number of carbonyl (C=O) groups excluding carboxylic acids is 1. The minimum atomic E-state index is -0.405. The number of hydrogen-bond acceptors (Lipinski definition) is 6. The van der Waals surface area contributed by atoms with Crippen LogP contribution in [0.2, 0.25) is 0 Å². The summed E-state index contributed by atoms with van der Waals surface area (Å²) >= 11 is 1.62. The molecule has 3 heterocycles. The summed E-state index contributed by atoms with van der Waals surface area (Å²) in [5, 5.41) is 8.50. The van der Waals surface area contributed by atoms with Crippen LogP contribution in [0.4, 0.5) is 0 Å². The van der Waals surface area contributed by atoms with E-state index in [-0.39, 0.29) is 0 Å². The quantitative estimate of drug-likeness (QED) is 0.667. The largest absolute Gasteiger partial charge is 0.462 e. The van der Waals surface area contributed by atoms with Crippen molar-refractivity contribution in [2.45, 2.75) is 6.92 Å². The predicted molar refractivity (Wildman–Crippen MR) is 95.0 cm³/mol. The topological polar surface area (TPSA) is 59.7 Å². The van der Waals surface area contributed by atoms with Gasteiger partial charge in [0.15, 0.2) is 5.65 Å². The normalized spacial score (nSPS) is 11.3. The van der Waals surface area contributed by atoms with E-state index in [2.05, 4.69) is 10.1 Å². The summed E-state index contributed by atoms with van der Waals surface area (Å²) < 4.78 is 6.82. The number of rotatable bonds is 5. The van der Waals surface area contributed by atoms with Crippen LogP contribution in [0, 0.1) is 0 Å². The van der Waals surface area contributed by atoms with E-state index < -0.39 is 5.97 Å². The fourth-order valence-corrected chi connectivity index (χ4v) is 2.97. The second-order valence-corrected chi connectivity index (χ2v) is 6.14. The molecule has 0 spiro atoms. The Hall–Kier alpha value is -2.67. The lowest BCUT2D eigenvalue weighted by Gasteiger charge is -2.09. The van der Waals surface area contributed by atoms with E-state index in [1.807, 2.05) is 48.1 Å². The van der Waals surface area contributed by atoms with Crippen molar-refractivity contribution in [2.75, 3.05) is 20.7 Å². The molecule has 0 radical (unpaired) electrons. The Morgan fingerprint density at radius 3 is 2.92 bits per heavy atom. The van der Waals surface area contributed by atoms with E-state index in [0.29, 0.717) is 23.5 Å². The Morgan fingerprint density at radius 1 is 1.42 bits per heavy atom. The van der Waals surface area contributed by atoms with Crippen molar-refractivity contribution < 1.29 is 9.53 Å². The van der Waals surface area contributed by atoms with Crippen LogP contribution >= 0.6 is 11.3 Å². The van der Waals surface area contributed by atoms with E-state index in [1.54, 1.807) is 35.2 Å². The van der Waals surface area contributed by atoms with Crippen molar-refractivity contribution in [3.8, 4) is 11.1 Å². The Kier molecular flexibility index (Phi) is 4.61. The average molecular weight is 342 g/mol. The number of carbonyl (C=O) groups is 1. The van der Waals surface area contributed by atoms with Crippen molar-refractivity contribution in [3.63, 3.8) is 0 Å². The molecule has 0 unspecified atom stereocenters. The van der Waals surface area contributed by atoms with Gasteiger partial charge in [-0.1, -0.05) is 0 Å². The molecule has 6 nitrogen and oxygen atoms in total. The van der Waals surface area contributed by atoms with Crippen LogP contribution in [0.1, 0.15) is 23.0 Å². The maximum absolute atomic E-state index is 12.2. The van der Waals surface area contributed by atoms with Crippen LogP contribution in [0.25, 0.3) is 22.9 Å². The molecule has 0 atom stereocenters. The molecule has 0 amide bonds. The molecule has 0 aromatic carbocycles. The Bertz CT molecular complexity index is 882. The van der Waals surface area contributed by atoms with Crippen molar-refractivity contribution >= 4 is 29.0 Å². The average Bonchev–Trinajstić information content (AvgIpc) is 3.21. The van der Waals surface area contributed by atoms with Gasteiger partial charge in [-0.25, -0.2) is 14.3 Å². The lowest BCUT2D eigenvalue weighted by molar-refractivity contribution is 0.0525. The molecule has 3 aromatic heterocycles. The van der Waals surface area contributed by atoms with E-state index in [9.17, 15) is 4.79 Å². The highest BCUT2D eigenvalue weighted by Crippen LogP contribution is 2.27. The monoisotopic (exact) mass is 342 g/mol. The molecule has 0 fully saturated rings. The maximum Gasteiger partial charge on any atom is 0.341 e. The van der Waals surface area contributed by atoms with Crippen LogP contribution in [0.5, 0.6) is 0 Å². The molecule has 0 saturated carbocycles. The number of nitrogens with zero attached hydrogens (tertiary/aromatic N) is 4. The van der Waals surface area contributed by atoms with Gasteiger partial charge in [-0.3, -0.25) is 0 Å². The summed E-state index contributed by atoms with van der Waals surface area (Å²) in [6.07, 6.45) is 7.03. The van der Waals surface area contributed by atoms with Gasteiger partial charge in [0, 0.05) is 32.1 Å². The van der Waals surface area contributed by atoms with E-state index in [1.165, 1.54) is 0 Å². The standard InChI is InChI=1S/C17H18N4O2S/c1-4-23-17(22)14-9-18-16-13(12-6-8-24-11-12)10-19-21(16)15(14)5-7-20(2)3/h5-11H,4H2,1-3H3/b7-5+. The van der Waals surface area contributed by atoms with Crippen molar-refractivity contribution in [3.05, 3.63) is 46.7 Å². The van der Waals surface area contributed by atoms with Gasteiger partial charge in [0.1, 0.15) is 5.56 Å². The lowest BCUT2D eigenvalue weighted by atomic mass is 10.2. The molecule has 0 aliphatic carbocycles. The van der Waals surface area contributed by atoms with Gasteiger partial charge in [-0.2, -0.15) is 16.4 Å². The van der Waals surface area contributed by atoms with Gasteiger partial charge < -0.3 is 9.64 Å². The fraction of sp³-hybridized carbons (Fsp3) is 0.235. The number of aromatic nitrogens is 3. The molecular weight excluding hydrogens is 324 g/mol. The first-order valence-corrected chi connectivity index (χ1v) is 8.47. The number of fused-ring (bicyclic) bond motifs is 1. The van der Waals surface area contributed by atoms with E-state index in [4.69, 9.17) is 4.74 Å². The highest BCUT2D eigenvalue weighted by atomic mass is 32.1. The SMILES string of the molecule is CCOC(=O)c1cnc2c(-c3ccsc3)cnn2c1/C=C/N(C)C.